The molecule has 2 aliphatic carbocycles. The van der Waals surface area contributed by atoms with Crippen LogP contribution >= 0.6 is 0 Å². The number of fused-ring (bicyclic) bond motifs is 4. The van der Waals surface area contributed by atoms with Crippen LogP contribution in [0.3, 0.4) is 0 Å². The van der Waals surface area contributed by atoms with Gasteiger partial charge in [-0.05, 0) is 83.8 Å². The third-order valence-electron chi connectivity index (χ3n) is 6.29. The molecule has 0 fully saturated rings. The summed E-state index contributed by atoms with van der Waals surface area (Å²) in [4.78, 5) is 26.7. The van der Waals surface area contributed by atoms with Gasteiger partial charge in [0.25, 0.3) is 0 Å². The van der Waals surface area contributed by atoms with Crippen molar-refractivity contribution in [3.05, 3.63) is 93.0 Å². The van der Waals surface area contributed by atoms with Gasteiger partial charge in [0.05, 0.1) is 6.61 Å². The molecule has 2 aliphatic rings. The van der Waals surface area contributed by atoms with Crippen molar-refractivity contribution < 1.29 is 19.1 Å². The van der Waals surface area contributed by atoms with Gasteiger partial charge in [0.2, 0.25) is 0 Å². The van der Waals surface area contributed by atoms with Gasteiger partial charge in [-0.15, -0.1) is 6.42 Å². The molecule has 0 bridgehead atoms. The summed E-state index contributed by atoms with van der Waals surface area (Å²) in [5, 5.41) is 0. The second kappa shape index (κ2) is 8.93. The van der Waals surface area contributed by atoms with Gasteiger partial charge >= 0.3 is 0 Å². The largest absolute Gasteiger partial charge is 0.494 e. The zero-order valence-electron chi connectivity index (χ0n) is 18.9. The van der Waals surface area contributed by atoms with Crippen LogP contribution in [0.4, 0.5) is 0 Å². The van der Waals surface area contributed by atoms with Gasteiger partial charge < -0.3 is 9.47 Å². The second-order valence-electron chi connectivity index (χ2n) is 8.49. The number of ether oxygens (including phenoxy) is 2. The number of hydrogen-bond acceptors (Lipinski definition) is 4. The van der Waals surface area contributed by atoms with Crippen LogP contribution in [0.15, 0.2) is 48.5 Å². The Morgan fingerprint density at radius 2 is 1.35 bits per heavy atom. The van der Waals surface area contributed by atoms with Gasteiger partial charge in [0.1, 0.15) is 17.6 Å². The van der Waals surface area contributed by atoms with Gasteiger partial charge in [-0.3, -0.25) is 9.59 Å². The number of unbranched alkanes of at least 4 members (excludes halogenated alkanes) is 1. The molecule has 0 heterocycles. The summed E-state index contributed by atoms with van der Waals surface area (Å²) in [5.41, 5.74) is 6.15. The average Bonchev–Trinajstić information content (AvgIpc) is 2.85. The lowest BCUT2D eigenvalue weighted by Gasteiger charge is -2.24. The minimum absolute atomic E-state index is 0.0194. The smallest absolute Gasteiger partial charge is 0.193 e. The van der Waals surface area contributed by atoms with Crippen LogP contribution in [-0.2, 0) is 12.8 Å². The average molecular weight is 447 g/mol. The molecule has 0 N–H and O–H groups in total. The first-order valence-corrected chi connectivity index (χ1v) is 11.4. The predicted molar refractivity (Wildman–Crippen MR) is 129 cm³/mol. The standard InChI is InChI=1S/C30H22O4/c1-3-5-11-33-23-9-7-19-13-21-16-26-22(15-25(21)29(31)27(19)17-23)14-20-8-10-24(34-12-6-4-2)18-28(20)30(26)32/h1,7-10,15-18H,4,6,12-14H2,2H3. The molecular formula is C30H22O4. The molecule has 0 aliphatic heterocycles. The van der Waals surface area contributed by atoms with Gasteiger partial charge in [0.15, 0.2) is 11.6 Å². The molecule has 0 saturated carbocycles. The lowest BCUT2D eigenvalue weighted by molar-refractivity contribution is 0.102. The summed E-state index contributed by atoms with van der Waals surface area (Å²) in [6.07, 6.45) is 10.7. The van der Waals surface area contributed by atoms with Crippen molar-refractivity contribution in [3.8, 4) is 35.9 Å². The second-order valence-corrected chi connectivity index (χ2v) is 8.49. The minimum atomic E-state index is -0.0765. The summed E-state index contributed by atoms with van der Waals surface area (Å²) in [6, 6.07) is 14.8. The lowest BCUT2D eigenvalue weighted by atomic mass is 9.78. The van der Waals surface area contributed by atoms with Gasteiger partial charge in [-0.25, -0.2) is 0 Å². The van der Waals surface area contributed by atoms with Crippen molar-refractivity contribution in [1.82, 2.24) is 0 Å². The van der Waals surface area contributed by atoms with Crippen molar-refractivity contribution in [2.45, 2.75) is 32.6 Å². The molecule has 3 aromatic carbocycles. The van der Waals surface area contributed by atoms with Crippen LogP contribution in [0.25, 0.3) is 0 Å². The number of carbonyl (C=O) groups excluding carboxylic acids is 2. The first-order valence-electron chi connectivity index (χ1n) is 11.4. The molecular weight excluding hydrogens is 424 g/mol. The van der Waals surface area contributed by atoms with E-state index in [1.54, 1.807) is 12.1 Å². The Hall–Kier alpha value is -4.28. The Balaban J connectivity index is 1.47. The van der Waals surface area contributed by atoms with E-state index in [1.165, 1.54) is 0 Å². The lowest BCUT2D eigenvalue weighted by Crippen LogP contribution is -2.21. The summed E-state index contributed by atoms with van der Waals surface area (Å²) in [7, 11) is 0. The fraction of sp³-hybridized carbons (Fsp3) is 0.200. The van der Waals surface area contributed by atoms with E-state index >= 15 is 0 Å². The molecule has 0 saturated heterocycles. The number of hydrogen-bond donors (Lipinski definition) is 0. The summed E-state index contributed by atoms with van der Waals surface area (Å²) >= 11 is 0. The molecule has 5 rings (SSSR count). The first kappa shape index (κ1) is 21.6. The highest BCUT2D eigenvalue weighted by Gasteiger charge is 2.30. The molecule has 0 radical (unpaired) electrons. The maximum Gasteiger partial charge on any atom is 0.193 e. The monoisotopic (exact) mass is 446 g/mol. The molecule has 0 unspecified atom stereocenters. The first-order chi connectivity index (χ1) is 16.6. The van der Waals surface area contributed by atoms with Crippen molar-refractivity contribution in [1.29, 1.82) is 0 Å². The molecule has 0 aromatic heterocycles. The molecule has 3 aromatic rings. The molecule has 0 atom stereocenters. The summed E-state index contributed by atoms with van der Waals surface area (Å²) in [5.74, 6) is 5.68. The van der Waals surface area contributed by atoms with E-state index in [4.69, 9.17) is 15.9 Å². The van der Waals surface area contributed by atoms with Crippen LogP contribution in [0, 0.1) is 24.4 Å². The third kappa shape index (κ3) is 3.85. The normalized spacial score (nSPS) is 12.8. The molecule has 0 spiro atoms. The topological polar surface area (TPSA) is 52.6 Å². The summed E-state index contributed by atoms with van der Waals surface area (Å²) < 4.78 is 11.1. The van der Waals surface area contributed by atoms with E-state index in [9.17, 15) is 9.59 Å². The van der Waals surface area contributed by atoms with Gasteiger partial charge in [-0.1, -0.05) is 25.5 Å². The Morgan fingerprint density at radius 3 is 1.94 bits per heavy atom. The quantitative estimate of drug-likeness (QED) is 0.278. The number of benzene rings is 3. The van der Waals surface area contributed by atoms with Crippen LogP contribution in [0.1, 0.15) is 73.9 Å². The number of carbonyl (C=O) groups is 2. The number of terminal acetylenes is 1. The van der Waals surface area contributed by atoms with E-state index in [2.05, 4.69) is 24.9 Å². The zero-order valence-corrected chi connectivity index (χ0v) is 18.9. The highest BCUT2D eigenvalue weighted by atomic mass is 16.5. The highest BCUT2D eigenvalue weighted by molar-refractivity contribution is 6.16. The highest BCUT2D eigenvalue weighted by Crippen LogP contribution is 2.36. The van der Waals surface area contributed by atoms with Gasteiger partial charge in [0, 0.05) is 28.2 Å². The fourth-order valence-corrected chi connectivity index (χ4v) is 4.55. The van der Waals surface area contributed by atoms with E-state index in [0.717, 1.165) is 40.8 Å². The Bertz CT molecular complexity index is 1440. The fourth-order valence-electron chi connectivity index (χ4n) is 4.55. The molecule has 166 valence electrons. The van der Waals surface area contributed by atoms with Crippen molar-refractivity contribution in [3.63, 3.8) is 0 Å². The van der Waals surface area contributed by atoms with E-state index in [0.29, 0.717) is 47.5 Å². The maximum absolute atomic E-state index is 13.4. The van der Waals surface area contributed by atoms with Crippen molar-refractivity contribution >= 4 is 11.6 Å². The van der Waals surface area contributed by atoms with Crippen LogP contribution in [0.5, 0.6) is 11.5 Å². The van der Waals surface area contributed by atoms with Crippen LogP contribution < -0.4 is 9.47 Å². The van der Waals surface area contributed by atoms with Crippen molar-refractivity contribution in [2.24, 2.45) is 0 Å². The van der Waals surface area contributed by atoms with E-state index < -0.39 is 0 Å². The summed E-state index contributed by atoms with van der Waals surface area (Å²) in [6.45, 7) is 2.75. The SMILES string of the molecule is C#CC#COc1ccc2c(c1)C(=O)c1cc3c(cc1C2)C(=O)c1cc(OCCCC)ccc1C3. The molecule has 4 heteroatoms. The molecule has 0 amide bonds. The van der Waals surface area contributed by atoms with E-state index in [1.807, 2.05) is 36.4 Å². The Kier molecular flexibility index (Phi) is 5.66. The minimum Gasteiger partial charge on any atom is -0.494 e. The van der Waals surface area contributed by atoms with Crippen LogP contribution in [0.2, 0.25) is 0 Å². The molecule has 4 nitrogen and oxygen atoms in total. The zero-order chi connectivity index (χ0) is 23.7. The Morgan fingerprint density at radius 1 is 0.794 bits per heavy atom. The predicted octanol–water partition coefficient (Wildman–Crippen LogP) is 5.11. The number of ketones is 2. The van der Waals surface area contributed by atoms with Crippen molar-refractivity contribution in [2.75, 3.05) is 6.61 Å². The maximum atomic E-state index is 13.4. The number of rotatable bonds is 5. The van der Waals surface area contributed by atoms with Gasteiger partial charge in [-0.2, -0.15) is 0 Å². The third-order valence-corrected chi connectivity index (χ3v) is 6.29. The van der Waals surface area contributed by atoms with Crippen LogP contribution in [-0.4, -0.2) is 18.2 Å². The molecule has 34 heavy (non-hydrogen) atoms. The Labute approximate surface area is 198 Å². The van der Waals surface area contributed by atoms with E-state index in [-0.39, 0.29) is 11.6 Å².